The highest BCUT2D eigenvalue weighted by Crippen LogP contribution is 2.39. The molecule has 0 saturated carbocycles. The van der Waals surface area contributed by atoms with Crippen LogP contribution in [-0.2, 0) is 18.6 Å². The van der Waals surface area contributed by atoms with E-state index in [-0.39, 0.29) is 14.9 Å². The average molecular weight is 806 g/mol. The molecule has 50 heavy (non-hydrogen) atoms. The number of hydrogen-bond donors (Lipinski definition) is 0. The van der Waals surface area contributed by atoms with Crippen molar-refractivity contribution in [2.75, 3.05) is 0 Å². The van der Waals surface area contributed by atoms with E-state index >= 15 is 0 Å². The van der Waals surface area contributed by atoms with Crippen LogP contribution in [0.4, 0.5) is 0 Å². The molecule has 268 valence electrons. The molecule has 4 nitrogen and oxygen atoms in total. The Morgan fingerprint density at radius 2 is 0.700 bits per heavy atom. The van der Waals surface area contributed by atoms with Crippen LogP contribution in [0.1, 0.15) is 92.5 Å². The van der Waals surface area contributed by atoms with Gasteiger partial charge in [0.2, 0.25) is 0 Å². The second-order valence-electron chi connectivity index (χ2n) is 15.3. The summed E-state index contributed by atoms with van der Waals surface area (Å²) in [4.78, 5) is 0. The van der Waals surface area contributed by atoms with Crippen molar-refractivity contribution in [2.24, 2.45) is 0 Å². The van der Waals surface area contributed by atoms with E-state index in [0.29, 0.717) is 0 Å². The molecule has 0 atom stereocenters. The van der Waals surface area contributed by atoms with Gasteiger partial charge in [0.1, 0.15) is 0 Å². The summed E-state index contributed by atoms with van der Waals surface area (Å²) in [7, 11) is -0.904. The topological polar surface area (TPSA) is 36.9 Å². The van der Waals surface area contributed by atoms with Gasteiger partial charge < -0.3 is 18.6 Å². The molecular weight excluding hydrogens is 750 g/mol. The number of hydrogen-bond acceptors (Lipinski definition) is 4. The molecule has 2 saturated heterocycles. The summed E-state index contributed by atoms with van der Waals surface area (Å²) in [6.07, 6.45) is 0. The molecule has 0 aromatic heterocycles. The standard InChI is InChI=1S/C26H36B2O4.C14H12Br2.2CH4/c1-17-11-13-19(14-12-17)20-15-21(27-29-23(3,4)24(5,6)30-27)18(2)22(16-20)28-31-25(7,8)26(9,10)32-28;1-9-3-5-11(6-4-9)12-7-13(15)10(2)14(16)8-12;;/h11-16H,1-10H3;3-8H,1-2H3;2*1H4. The Morgan fingerprint density at radius 1 is 0.420 bits per heavy atom. The third-order valence-corrected chi connectivity index (χ3v) is 12.2. The minimum absolute atomic E-state index is 0. The number of aryl methyl sites for hydroxylation is 2. The lowest BCUT2D eigenvalue weighted by Gasteiger charge is -2.32. The van der Waals surface area contributed by atoms with Crippen LogP contribution in [-0.4, -0.2) is 36.6 Å². The Balaban J connectivity index is 0.000000318. The molecule has 0 unspecified atom stereocenters. The molecule has 0 aliphatic carbocycles. The van der Waals surface area contributed by atoms with Crippen LogP contribution >= 0.6 is 31.9 Å². The van der Waals surface area contributed by atoms with Crippen LogP contribution in [0.25, 0.3) is 22.3 Å². The van der Waals surface area contributed by atoms with Crippen LogP contribution in [0.15, 0.2) is 81.7 Å². The van der Waals surface area contributed by atoms with Gasteiger partial charge in [0, 0.05) is 8.95 Å². The number of halogens is 2. The molecule has 2 aliphatic heterocycles. The van der Waals surface area contributed by atoms with E-state index in [0.717, 1.165) is 36.6 Å². The van der Waals surface area contributed by atoms with E-state index < -0.39 is 36.6 Å². The van der Waals surface area contributed by atoms with Crippen LogP contribution in [0.3, 0.4) is 0 Å². The Bertz CT molecular complexity index is 1690. The summed E-state index contributed by atoms with van der Waals surface area (Å²) >= 11 is 7.16. The molecule has 2 aliphatic rings. The van der Waals surface area contributed by atoms with Crippen molar-refractivity contribution in [1.29, 1.82) is 0 Å². The lowest BCUT2D eigenvalue weighted by Crippen LogP contribution is -2.44. The first-order chi connectivity index (χ1) is 22.2. The van der Waals surface area contributed by atoms with E-state index in [4.69, 9.17) is 18.6 Å². The fraction of sp³-hybridized carbons (Fsp3) is 0.429. The van der Waals surface area contributed by atoms with Crippen molar-refractivity contribution < 1.29 is 18.6 Å². The zero-order chi connectivity index (χ0) is 35.4. The summed E-state index contributed by atoms with van der Waals surface area (Å²) in [5, 5.41) is 0. The zero-order valence-corrected chi connectivity index (χ0v) is 33.6. The van der Waals surface area contributed by atoms with E-state index in [1.54, 1.807) is 0 Å². The average Bonchev–Trinajstić information content (AvgIpc) is 3.36. The quantitative estimate of drug-likeness (QED) is 0.193. The Kier molecular flexibility index (Phi) is 13.0. The van der Waals surface area contributed by atoms with E-state index in [1.165, 1.54) is 27.8 Å². The van der Waals surface area contributed by atoms with Crippen molar-refractivity contribution in [3.8, 4) is 22.3 Å². The van der Waals surface area contributed by atoms with Crippen LogP contribution in [0.2, 0.25) is 0 Å². The smallest absolute Gasteiger partial charge is 0.399 e. The van der Waals surface area contributed by atoms with Gasteiger partial charge in [-0.3, -0.25) is 0 Å². The van der Waals surface area contributed by atoms with Gasteiger partial charge in [-0.05, 0) is 134 Å². The molecule has 4 aromatic carbocycles. The van der Waals surface area contributed by atoms with Crippen molar-refractivity contribution >= 4 is 57.0 Å². The first-order valence-corrected chi connectivity index (χ1v) is 18.3. The van der Waals surface area contributed by atoms with Gasteiger partial charge in [-0.2, -0.15) is 0 Å². The normalized spacial score (nSPS) is 18.1. The van der Waals surface area contributed by atoms with Crippen molar-refractivity contribution in [3.05, 3.63) is 104 Å². The second kappa shape index (κ2) is 15.4. The third-order valence-electron chi connectivity index (χ3n) is 10.6. The van der Waals surface area contributed by atoms with Crippen LogP contribution in [0, 0.1) is 27.7 Å². The minimum atomic E-state index is -0.452. The Labute approximate surface area is 320 Å². The maximum absolute atomic E-state index is 6.44. The van der Waals surface area contributed by atoms with Crippen molar-refractivity contribution in [1.82, 2.24) is 0 Å². The fourth-order valence-corrected chi connectivity index (χ4v) is 6.85. The monoisotopic (exact) mass is 804 g/mol. The predicted octanol–water partition coefficient (Wildman–Crippen LogP) is 11.3. The fourth-order valence-electron chi connectivity index (χ4n) is 5.66. The molecule has 0 N–H and O–H groups in total. The van der Waals surface area contributed by atoms with Crippen molar-refractivity contribution in [2.45, 2.75) is 120 Å². The Hall–Kier alpha value is -2.19. The first kappa shape index (κ1) is 42.2. The summed E-state index contributed by atoms with van der Waals surface area (Å²) in [6.45, 7) is 25.1. The SMILES string of the molecule is C.C.Cc1ccc(-c2cc(B3OC(C)(C)C(C)(C)O3)c(C)c(B3OC(C)(C)C(C)(C)O3)c2)cc1.Cc1ccc(-c2cc(Br)c(C)c(Br)c2)cc1. The third kappa shape index (κ3) is 8.54. The second-order valence-corrected chi connectivity index (χ2v) is 17.0. The number of rotatable bonds is 4. The minimum Gasteiger partial charge on any atom is -0.399 e. The molecule has 4 aromatic rings. The van der Waals surface area contributed by atoms with Gasteiger partial charge in [-0.15, -0.1) is 0 Å². The van der Waals surface area contributed by atoms with Gasteiger partial charge >= 0.3 is 14.2 Å². The number of benzene rings is 4. The Morgan fingerprint density at radius 3 is 1.00 bits per heavy atom. The molecule has 0 radical (unpaired) electrons. The van der Waals surface area contributed by atoms with E-state index in [1.807, 2.05) is 0 Å². The summed E-state index contributed by atoms with van der Waals surface area (Å²) in [6, 6.07) is 25.9. The molecule has 6 rings (SSSR count). The van der Waals surface area contributed by atoms with Gasteiger partial charge in [0.15, 0.2) is 0 Å². The molecule has 8 heteroatoms. The highest BCUT2D eigenvalue weighted by atomic mass is 79.9. The predicted molar refractivity (Wildman–Crippen MR) is 223 cm³/mol. The van der Waals surface area contributed by atoms with Gasteiger partial charge in [-0.1, -0.05) is 124 Å². The summed E-state index contributed by atoms with van der Waals surface area (Å²) in [5.74, 6) is 0. The van der Waals surface area contributed by atoms with E-state index in [9.17, 15) is 0 Å². The summed E-state index contributed by atoms with van der Waals surface area (Å²) < 4.78 is 28.0. The van der Waals surface area contributed by atoms with Crippen LogP contribution in [0.5, 0.6) is 0 Å². The van der Waals surface area contributed by atoms with Gasteiger partial charge in [0.05, 0.1) is 22.4 Å². The first-order valence-electron chi connectivity index (χ1n) is 16.7. The molecule has 0 amide bonds. The maximum Gasteiger partial charge on any atom is 0.495 e. The van der Waals surface area contributed by atoms with Crippen LogP contribution < -0.4 is 10.9 Å². The molecule has 0 spiro atoms. The maximum atomic E-state index is 6.44. The molecule has 2 heterocycles. The van der Waals surface area contributed by atoms with Gasteiger partial charge in [0.25, 0.3) is 0 Å². The zero-order valence-electron chi connectivity index (χ0n) is 30.5. The summed E-state index contributed by atoms with van der Waals surface area (Å²) in [5.41, 5.74) is 9.96. The van der Waals surface area contributed by atoms with Gasteiger partial charge in [-0.25, -0.2) is 0 Å². The van der Waals surface area contributed by atoms with E-state index in [2.05, 4.69) is 188 Å². The lowest BCUT2D eigenvalue weighted by atomic mass is 9.66. The lowest BCUT2D eigenvalue weighted by molar-refractivity contribution is 0.00578. The largest absolute Gasteiger partial charge is 0.495 e. The molecule has 0 bridgehead atoms. The molecule has 2 fully saturated rings. The molecular formula is C42H56B2Br2O4. The highest BCUT2D eigenvalue weighted by molar-refractivity contribution is 9.11. The van der Waals surface area contributed by atoms with Crippen molar-refractivity contribution in [3.63, 3.8) is 0 Å². The highest BCUT2D eigenvalue weighted by Gasteiger charge is 2.54.